The summed E-state index contributed by atoms with van der Waals surface area (Å²) in [4.78, 5) is 15.6. The predicted molar refractivity (Wildman–Crippen MR) is 125 cm³/mol. The average molecular weight is 449 g/mol. The standard InChI is InChI=1S/C25H22ClFN4O/c1-3-24(32)18-9-17(12-28-14(18)2)15-4-5-22-19(8-15)25(30-13-29-22)31-7-6-16-10-21(27)20(26)11-23(16)31/h4-5,8-13,24,32H,3,6-7H2,1-2H3. The first-order chi connectivity index (χ1) is 15.5. The summed E-state index contributed by atoms with van der Waals surface area (Å²) in [7, 11) is 0. The minimum Gasteiger partial charge on any atom is -0.388 e. The number of rotatable bonds is 4. The molecule has 3 heterocycles. The highest BCUT2D eigenvalue weighted by Gasteiger charge is 2.25. The highest BCUT2D eigenvalue weighted by molar-refractivity contribution is 6.31. The molecule has 0 amide bonds. The van der Waals surface area contributed by atoms with Gasteiger partial charge in [-0.05, 0) is 61.2 Å². The van der Waals surface area contributed by atoms with Gasteiger partial charge in [0.2, 0.25) is 0 Å². The Labute approximate surface area is 190 Å². The lowest BCUT2D eigenvalue weighted by molar-refractivity contribution is 0.172. The molecule has 2 aromatic heterocycles. The van der Waals surface area contributed by atoms with Crippen LogP contribution in [0.1, 0.15) is 36.3 Å². The molecule has 0 fully saturated rings. The van der Waals surface area contributed by atoms with Crippen LogP contribution in [0.4, 0.5) is 15.9 Å². The number of fused-ring (bicyclic) bond motifs is 2. The van der Waals surface area contributed by atoms with Gasteiger partial charge in [-0.25, -0.2) is 14.4 Å². The molecular weight excluding hydrogens is 427 g/mol. The van der Waals surface area contributed by atoms with Crippen molar-refractivity contribution in [3.63, 3.8) is 0 Å². The van der Waals surface area contributed by atoms with Crippen LogP contribution in [0.2, 0.25) is 5.02 Å². The largest absolute Gasteiger partial charge is 0.388 e. The number of nitrogens with zero attached hydrogens (tertiary/aromatic N) is 4. The van der Waals surface area contributed by atoms with E-state index in [1.54, 1.807) is 12.4 Å². The van der Waals surface area contributed by atoms with Gasteiger partial charge in [-0.2, -0.15) is 0 Å². The molecule has 0 saturated carbocycles. The average Bonchev–Trinajstić information content (AvgIpc) is 3.20. The molecule has 7 heteroatoms. The van der Waals surface area contributed by atoms with Gasteiger partial charge >= 0.3 is 0 Å². The summed E-state index contributed by atoms with van der Waals surface area (Å²) in [6.45, 7) is 4.54. The third kappa shape index (κ3) is 3.49. The molecular formula is C25H22ClFN4O. The van der Waals surface area contributed by atoms with Gasteiger partial charge in [0.25, 0.3) is 0 Å². The van der Waals surface area contributed by atoms with E-state index >= 15 is 0 Å². The second kappa shape index (κ2) is 8.11. The Morgan fingerprint density at radius 2 is 1.97 bits per heavy atom. The van der Waals surface area contributed by atoms with E-state index in [-0.39, 0.29) is 5.02 Å². The van der Waals surface area contributed by atoms with E-state index in [4.69, 9.17) is 11.6 Å². The van der Waals surface area contributed by atoms with E-state index in [0.717, 1.165) is 56.8 Å². The van der Waals surface area contributed by atoms with Crippen LogP contribution in [0.5, 0.6) is 0 Å². The fourth-order valence-electron chi connectivity index (χ4n) is 4.30. The molecule has 162 valence electrons. The lowest BCUT2D eigenvalue weighted by Gasteiger charge is -2.20. The molecule has 0 bridgehead atoms. The van der Waals surface area contributed by atoms with E-state index < -0.39 is 11.9 Å². The molecule has 0 saturated heterocycles. The van der Waals surface area contributed by atoms with E-state index in [1.807, 2.05) is 44.3 Å². The first-order valence-electron chi connectivity index (χ1n) is 10.6. The Morgan fingerprint density at radius 1 is 1.12 bits per heavy atom. The monoisotopic (exact) mass is 448 g/mol. The van der Waals surface area contributed by atoms with Crippen molar-refractivity contribution in [3.8, 4) is 11.1 Å². The van der Waals surface area contributed by atoms with Crippen molar-refractivity contribution in [2.75, 3.05) is 11.4 Å². The molecule has 1 N–H and O–H groups in total. The molecule has 1 aliphatic rings. The SMILES string of the molecule is CCC(O)c1cc(-c2ccc3ncnc(N4CCc5cc(F)c(Cl)cc54)c3c2)cnc1C. The number of benzene rings is 2. The normalized spacial score (nSPS) is 14.1. The van der Waals surface area contributed by atoms with Crippen LogP contribution in [-0.4, -0.2) is 26.6 Å². The lowest BCUT2D eigenvalue weighted by atomic mass is 9.99. The second-order valence-electron chi connectivity index (χ2n) is 8.05. The molecule has 0 radical (unpaired) electrons. The molecule has 1 atom stereocenters. The van der Waals surface area contributed by atoms with Gasteiger partial charge in [0.05, 0.1) is 16.6 Å². The maximum atomic E-state index is 13.9. The van der Waals surface area contributed by atoms with Gasteiger partial charge in [-0.1, -0.05) is 24.6 Å². The second-order valence-corrected chi connectivity index (χ2v) is 8.46. The molecule has 5 rings (SSSR count). The van der Waals surface area contributed by atoms with Crippen molar-refractivity contribution in [2.24, 2.45) is 0 Å². The number of aliphatic hydroxyl groups is 1. The summed E-state index contributed by atoms with van der Waals surface area (Å²) >= 11 is 6.07. The number of hydrogen-bond donors (Lipinski definition) is 1. The number of hydrogen-bond acceptors (Lipinski definition) is 5. The van der Waals surface area contributed by atoms with Crippen LogP contribution in [0, 0.1) is 12.7 Å². The summed E-state index contributed by atoms with van der Waals surface area (Å²) in [5.41, 5.74) is 6.13. The minimum atomic E-state index is -0.548. The molecule has 1 unspecified atom stereocenters. The Morgan fingerprint density at radius 3 is 2.78 bits per heavy atom. The Hall–Kier alpha value is -3.09. The third-order valence-electron chi connectivity index (χ3n) is 6.09. The zero-order valence-corrected chi connectivity index (χ0v) is 18.6. The number of aliphatic hydroxyl groups excluding tert-OH is 1. The van der Waals surface area contributed by atoms with Crippen LogP contribution in [0.15, 0.2) is 48.9 Å². The fraction of sp³-hybridized carbons (Fsp3) is 0.240. The third-order valence-corrected chi connectivity index (χ3v) is 6.38. The van der Waals surface area contributed by atoms with Crippen molar-refractivity contribution in [3.05, 3.63) is 76.6 Å². The number of halogens is 2. The summed E-state index contributed by atoms with van der Waals surface area (Å²) in [6.07, 6.45) is 4.16. The molecule has 2 aromatic carbocycles. The topological polar surface area (TPSA) is 62.1 Å². The van der Waals surface area contributed by atoms with Gasteiger partial charge in [0.15, 0.2) is 0 Å². The Kier molecular flexibility index (Phi) is 5.27. The van der Waals surface area contributed by atoms with Crippen molar-refractivity contribution in [1.29, 1.82) is 0 Å². The maximum absolute atomic E-state index is 13.9. The van der Waals surface area contributed by atoms with E-state index in [2.05, 4.69) is 19.9 Å². The van der Waals surface area contributed by atoms with Gasteiger partial charge in [-0.3, -0.25) is 4.98 Å². The first kappa shape index (κ1) is 20.8. The van der Waals surface area contributed by atoms with Crippen molar-refractivity contribution in [2.45, 2.75) is 32.8 Å². The summed E-state index contributed by atoms with van der Waals surface area (Å²) in [6, 6.07) is 11.2. The molecule has 0 spiro atoms. The smallest absolute Gasteiger partial charge is 0.144 e. The Balaban J connectivity index is 1.63. The number of anilines is 2. The van der Waals surface area contributed by atoms with Crippen molar-refractivity contribution in [1.82, 2.24) is 15.0 Å². The fourth-order valence-corrected chi connectivity index (χ4v) is 4.46. The lowest BCUT2D eigenvalue weighted by Crippen LogP contribution is -2.15. The maximum Gasteiger partial charge on any atom is 0.144 e. The number of aryl methyl sites for hydroxylation is 1. The highest BCUT2D eigenvalue weighted by atomic mass is 35.5. The van der Waals surface area contributed by atoms with E-state index in [1.165, 1.54) is 6.07 Å². The zero-order valence-electron chi connectivity index (χ0n) is 17.8. The minimum absolute atomic E-state index is 0.0995. The van der Waals surface area contributed by atoms with Crippen LogP contribution in [0.3, 0.4) is 0 Å². The van der Waals surface area contributed by atoms with Gasteiger partial charge in [-0.15, -0.1) is 0 Å². The molecule has 4 aromatic rings. The quantitative estimate of drug-likeness (QED) is 0.419. The van der Waals surface area contributed by atoms with E-state index in [0.29, 0.717) is 13.0 Å². The van der Waals surface area contributed by atoms with Crippen LogP contribution in [-0.2, 0) is 6.42 Å². The summed E-state index contributed by atoms with van der Waals surface area (Å²) < 4.78 is 13.9. The van der Waals surface area contributed by atoms with Crippen LogP contribution in [0.25, 0.3) is 22.0 Å². The molecule has 0 aliphatic carbocycles. The summed E-state index contributed by atoms with van der Waals surface area (Å²) in [5, 5.41) is 11.4. The molecule has 1 aliphatic heterocycles. The molecule has 32 heavy (non-hydrogen) atoms. The summed E-state index contributed by atoms with van der Waals surface area (Å²) in [5.74, 6) is 0.353. The van der Waals surface area contributed by atoms with Crippen molar-refractivity contribution >= 4 is 34.0 Å². The van der Waals surface area contributed by atoms with Gasteiger partial charge < -0.3 is 10.0 Å². The van der Waals surface area contributed by atoms with E-state index in [9.17, 15) is 9.50 Å². The first-order valence-corrected chi connectivity index (χ1v) is 11.0. The van der Waals surface area contributed by atoms with Crippen LogP contribution >= 0.6 is 11.6 Å². The van der Waals surface area contributed by atoms with Gasteiger partial charge in [0, 0.05) is 40.6 Å². The zero-order chi connectivity index (χ0) is 22.4. The van der Waals surface area contributed by atoms with Crippen molar-refractivity contribution < 1.29 is 9.50 Å². The number of pyridine rings is 1. The molecule has 5 nitrogen and oxygen atoms in total. The number of aromatic nitrogens is 3. The Bertz CT molecular complexity index is 1340. The van der Waals surface area contributed by atoms with Gasteiger partial charge in [0.1, 0.15) is 18.0 Å². The highest BCUT2D eigenvalue weighted by Crippen LogP contribution is 2.39. The predicted octanol–water partition coefficient (Wildman–Crippen LogP) is 5.93. The van der Waals surface area contributed by atoms with Crippen LogP contribution < -0.4 is 4.90 Å².